The number of aromatic nitrogens is 1. The van der Waals surface area contributed by atoms with Crippen LogP contribution in [-0.2, 0) is 0 Å². The summed E-state index contributed by atoms with van der Waals surface area (Å²) in [5.74, 6) is 0.536. The zero-order valence-electron chi connectivity index (χ0n) is 13.5. The van der Waals surface area contributed by atoms with Gasteiger partial charge < -0.3 is 10.4 Å². The average molecular weight is 313 g/mol. The van der Waals surface area contributed by atoms with Crippen LogP contribution >= 0.6 is 0 Å². The molecule has 1 atom stereocenters. The number of aliphatic hydroxyl groups excluding tert-OH is 1. The van der Waals surface area contributed by atoms with Crippen LogP contribution in [0.5, 0.6) is 0 Å². The lowest BCUT2D eigenvalue weighted by Gasteiger charge is -2.19. The fourth-order valence-electron chi connectivity index (χ4n) is 2.52. The molecule has 2 amide bonds. The van der Waals surface area contributed by atoms with Gasteiger partial charge in [-0.2, -0.15) is 0 Å². The number of nitrogens with zero attached hydrogens (tertiary/aromatic N) is 1. The van der Waals surface area contributed by atoms with Crippen molar-refractivity contribution in [2.45, 2.75) is 32.7 Å². The number of carbonyl (C=O) groups is 1. The third kappa shape index (κ3) is 5.38. The van der Waals surface area contributed by atoms with Crippen molar-refractivity contribution in [3.8, 4) is 0 Å². The van der Waals surface area contributed by atoms with Gasteiger partial charge in [-0.15, -0.1) is 0 Å². The van der Waals surface area contributed by atoms with Gasteiger partial charge in [0.05, 0.1) is 6.04 Å². The summed E-state index contributed by atoms with van der Waals surface area (Å²) in [4.78, 5) is 16.6. The van der Waals surface area contributed by atoms with E-state index in [4.69, 9.17) is 5.11 Å². The van der Waals surface area contributed by atoms with Crippen molar-refractivity contribution in [1.29, 1.82) is 0 Å². The molecule has 0 aliphatic rings. The van der Waals surface area contributed by atoms with Gasteiger partial charge in [-0.1, -0.05) is 30.3 Å². The molecular formula is C18H23N3O2. The van der Waals surface area contributed by atoms with E-state index in [0.29, 0.717) is 18.7 Å². The Morgan fingerprint density at radius 1 is 1.22 bits per heavy atom. The van der Waals surface area contributed by atoms with Crippen LogP contribution in [0.2, 0.25) is 0 Å². The molecule has 0 aliphatic heterocycles. The Morgan fingerprint density at radius 2 is 1.96 bits per heavy atom. The van der Waals surface area contributed by atoms with Crippen molar-refractivity contribution in [1.82, 2.24) is 10.3 Å². The van der Waals surface area contributed by atoms with Crippen LogP contribution in [0.1, 0.15) is 35.7 Å². The Morgan fingerprint density at radius 3 is 2.61 bits per heavy atom. The van der Waals surface area contributed by atoms with E-state index in [1.54, 1.807) is 0 Å². The minimum absolute atomic E-state index is 0.102. The first kappa shape index (κ1) is 17.0. The Kier molecular flexibility index (Phi) is 6.11. The fourth-order valence-corrected chi connectivity index (χ4v) is 2.52. The second-order valence-corrected chi connectivity index (χ2v) is 5.60. The maximum absolute atomic E-state index is 12.3. The number of urea groups is 1. The second kappa shape index (κ2) is 8.29. The lowest BCUT2D eigenvalue weighted by molar-refractivity contribution is 0.243. The van der Waals surface area contributed by atoms with E-state index >= 15 is 0 Å². The molecule has 0 aliphatic carbocycles. The number of hydrogen-bond donors (Lipinski definition) is 3. The molecule has 23 heavy (non-hydrogen) atoms. The molecule has 2 aromatic rings. The minimum atomic E-state index is -0.297. The highest BCUT2D eigenvalue weighted by atomic mass is 16.3. The van der Waals surface area contributed by atoms with Crippen LogP contribution < -0.4 is 10.6 Å². The van der Waals surface area contributed by atoms with Crippen LogP contribution in [-0.4, -0.2) is 22.7 Å². The van der Waals surface area contributed by atoms with E-state index in [1.807, 2.05) is 56.3 Å². The molecule has 5 nitrogen and oxygen atoms in total. The number of aliphatic hydroxyl groups is 1. The van der Waals surface area contributed by atoms with E-state index in [-0.39, 0.29) is 18.7 Å². The first-order valence-corrected chi connectivity index (χ1v) is 7.77. The quantitative estimate of drug-likeness (QED) is 0.766. The van der Waals surface area contributed by atoms with Crippen molar-refractivity contribution in [3.63, 3.8) is 0 Å². The monoisotopic (exact) mass is 313 g/mol. The predicted molar refractivity (Wildman–Crippen MR) is 91.4 cm³/mol. The lowest BCUT2D eigenvalue weighted by Crippen LogP contribution is -2.33. The normalized spacial score (nSPS) is 11.8. The summed E-state index contributed by atoms with van der Waals surface area (Å²) >= 11 is 0. The molecule has 1 aromatic heterocycles. The highest BCUT2D eigenvalue weighted by molar-refractivity contribution is 5.88. The fraction of sp³-hybridized carbons (Fsp3) is 0.333. The minimum Gasteiger partial charge on any atom is -0.396 e. The van der Waals surface area contributed by atoms with Crippen molar-refractivity contribution < 1.29 is 9.90 Å². The number of amides is 2. The molecular weight excluding hydrogens is 290 g/mol. The smallest absolute Gasteiger partial charge is 0.320 e. The molecule has 0 unspecified atom stereocenters. The van der Waals surface area contributed by atoms with E-state index in [2.05, 4.69) is 15.6 Å². The van der Waals surface area contributed by atoms with E-state index < -0.39 is 0 Å². The Bertz CT molecular complexity index is 624. The summed E-state index contributed by atoms with van der Waals surface area (Å²) in [6.07, 6.45) is 1.30. The number of pyridine rings is 1. The maximum atomic E-state index is 12.3. The molecule has 1 aromatic carbocycles. The summed E-state index contributed by atoms with van der Waals surface area (Å²) in [5.41, 5.74) is 2.93. The molecule has 122 valence electrons. The molecule has 2 rings (SSSR count). The molecule has 0 radical (unpaired) electrons. The van der Waals surface area contributed by atoms with Gasteiger partial charge in [-0.05, 0) is 49.9 Å². The number of rotatable bonds is 6. The average Bonchev–Trinajstić information content (AvgIpc) is 2.51. The molecule has 0 bridgehead atoms. The number of aryl methyl sites for hydroxylation is 2. The van der Waals surface area contributed by atoms with Crippen molar-refractivity contribution in [3.05, 3.63) is 59.3 Å². The third-order valence-electron chi connectivity index (χ3n) is 3.50. The lowest BCUT2D eigenvalue weighted by atomic mass is 10.0. The number of anilines is 1. The summed E-state index contributed by atoms with van der Waals surface area (Å²) in [6, 6.07) is 13.1. The summed E-state index contributed by atoms with van der Waals surface area (Å²) in [5, 5.41) is 14.8. The number of hydrogen-bond acceptors (Lipinski definition) is 3. The van der Waals surface area contributed by atoms with Gasteiger partial charge >= 0.3 is 6.03 Å². The highest BCUT2D eigenvalue weighted by Gasteiger charge is 2.14. The maximum Gasteiger partial charge on any atom is 0.320 e. The summed E-state index contributed by atoms with van der Waals surface area (Å²) < 4.78 is 0. The van der Waals surface area contributed by atoms with Gasteiger partial charge in [-0.3, -0.25) is 5.32 Å². The van der Waals surface area contributed by atoms with Crippen LogP contribution in [0.15, 0.2) is 42.5 Å². The largest absolute Gasteiger partial charge is 0.396 e. The van der Waals surface area contributed by atoms with Crippen LogP contribution in [0, 0.1) is 13.8 Å². The third-order valence-corrected chi connectivity index (χ3v) is 3.50. The molecule has 5 heteroatoms. The SMILES string of the molecule is Cc1cc(C)nc(NC(=O)N[C@@H](CCCO)c2ccccc2)c1. The Labute approximate surface area is 136 Å². The molecule has 3 N–H and O–H groups in total. The van der Waals surface area contributed by atoms with E-state index in [9.17, 15) is 4.79 Å². The topological polar surface area (TPSA) is 74.2 Å². The molecule has 0 fully saturated rings. The molecule has 0 spiro atoms. The van der Waals surface area contributed by atoms with E-state index in [0.717, 1.165) is 16.8 Å². The standard InChI is InChI=1S/C18H23N3O2/c1-13-11-14(2)19-17(12-13)21-18(23)20-16(9-6-10-22)15-7-4-3-5-8-15/h3-5,7-8,11-12,16,22H,6,9-10H2,1-2H3,(H2,19,20,21,23)/t16-/m0/s1. The predicted octanol–water partition coefficient (Wildman–Crippen LogP) is 3.33. The zero-order valence-corrected chi connectivity index (χ0v) is 13.5. The van der Waals surface area contributed by atoms with Gasteiger partial charge in [0, 0.05) is 12.3 Å². The van der Waals surface area contributed by atoms with Gasteiger partial charge in [0.15, 0.2) is 0 Å². The molecule has 1 heterocycles. The van der Waals surface area contributed by atoms with Crippen molar-refractivity contribution in [2.24, 2.45) is 0 Å². The molecule has 0 saturated carbocycles. The Balaban J connectivity index is 2.05. The van der Waals surface area contributed by atoms with Crippen LogP contribution in [0.3, 0.4) is 0 Å². The number of nitrogens with one attached hydrogen (secondary N) is 2. The Hall–Kier alpha value is -2.40. The highest BCUT2D eigenvalue weighted by Crippen LogP contribution is 2.18. The first-order valence-electron chi connectivity index (χ1n) is 7.77. The second-order valence-electron chi connectivity index (χ2n) is 5.60. The van der Waals surface area contributed by atoms with Gasteiger partial charge in [0.25, 0.3) is 0 Å². The first-order chi connectivity index (χ1) is 11.1. The van der Waals surface area contributed by atoms with Crippen LogP contribution in [0.4, 0.5) is 10.6 Å². The van der Waals surface area contributed by atoms with Gasteiger partial charge in [0.1, 0.15) is 5.82 Å². The molecule has 0 saturated heterocycles. The summed E-state index contributed by atoms with van der Waals surface area (Å²) in [6.45, 7) is 3.96. The van der Waals surface area contributed by atoms with Crippen molar-refractivity contribution >= 4 is 11.8 Å². The number of benzene rings is 1. The number of carbonyl (C=O) groups excluding carboxylic acids is 1. The zero-order chi connectivity index (χ0) is 16.7. The van der Waals surface area contributed by atoms with E-state index in [1.165, 1.54) is 0 Å². The van der Waals surface area contributed by atoms with Gasteiger partial charge in [-0.25, -0.2) is 9.78 Å². The summed E-state index contributed by atoms with van der Waals surface area (Å²) in [7, 11) is 0. The van der Waals surface area contributed by atoms with Crippen LogP contribution in [0.25, 0.3) is 0 Å². The van der Waals surface area contributed by atoms with Crippen molar-refractivity contribution in [2.75, 3.05) is 11.9 Å². The van der Waals surface area contributed by atoms with Gasteiger partial charge in [0.2, 0.25) is 0 Å².